The summed E-state index contributed by atoms with van der Waals surface area (Å²) in [6, 6.07) is 0. The summed E-state index contributed by atoms with van der Waals surface area (Å²) in [4.78, 5) is 6.92. The molecule has 20 heavy (non-hydrogen) atoms. The molecule has 2 fully saturated rings. The summed E-state index contributed by atoms with van der Waals surface area (Å²) in [7, 11) is -0.286. The largest absolute Gasteiger partial charge is 0.507 e. The zero-order chi connectivity index (χ0) is 14.5. The van der Waals surface area contributed by atoms with Crippen LogP contribution >= 0.6 is 11.3 Å². The van der Waals surface area contributed by atoms with Gasteiger partial charge in [0.1, 0.15) is 0 Å². The van der Waals surface area contributed by atoms with Gasteiger partial charge < -0.3 is 14.2 Å². The van der Waals surface area contributed by atoms with Crippen molar-refractivity contribution < 1.29 is 9.31 Å². The van der Waals surface area contributed by atoms with Crippen molar-refractivity contribution in [1.82, 2.24) is 4.98 Å². The highest BCUT2D eigenvalue weighted by atomic mass is 32.1. The van der Waals surface area contributed by atoms with Crippen LogP contribution in [0.25, 0.3) is 0 Å². The fraction of sp³-hybridized carbons (Fsp3) is 0.786. The van der Waals surface area contributed by atoms with Gasteiger partial charge in [-0.15, -0.1) is 11.3 Å². The molecule has 1 aromatic heterocycles. The van der Waals surface area contributed by atoms with E-state index in [0.717, 1.165) is 28.9 Å². The highest BCUT2D eigenvalue weighted by Gasteiger charge is 2.52. The highest BCUT2D eigenvalue weighted by Crippen LogP contribution is 2.37. The second-order valence-corrected chi connectivity index (χ2v) is 8.01. The van der Waals surface area contributed by atoms with E-state index in [9.17, 15) is 0 Å². The number of aromatic nitrogens is 1. The van der Waals surface area contributed by atoms with E-state index in [0.29, 0.717) is 0 Å². The van der Waals surface area contributed by atoms with Crippen molar-refractivity contribution in [1.29, 1.82) is 0 Å². The molecule has 3 heterocycles. The fourth-order valence-electron chi connectivity index (χ4n) is 2.60. The molecule has 110 valence electrons. The van der Waals surface area contributed by atoms with Crippen molar-refractivity contribution in [3.05, 3.63) is 6.20 Å². The molecule has 0 aliphatic carbocycles. The van der Waals surface area contributed by atoms with Crippen molar-refractivity contribution >= 4 is 28.4 Å². The summed E-state index contributed by atoms with van der Waals surface area (Å²) in [5.74, 6) is 0.763. The first-order valence-corrected chi connectivity index (χ1v) is 8.16. The van der Waals surface area contributed by atoms with E-state index >= 15 is 0 Å². The van der Waals surface area contributed by atoms with E-state index in [-0.39, 0.29) is 18.3 Å². The second-order valence-electron chi connectivity index (χ2n) is 6.97. The Morgan fingerprint density at radius 3 is 2.50 bits per heavy atom. The lowest BCUT2D eigenvalue weighted by molar-refractivity contribution is 0.00578. The molecule has 0 saturated carbocycles. The maximum Gasteiger partial charge on any atom is 0.507 e. The molecule has 0 N–H and O–H groups in total. The zero-order valence-corrected chi connectivity index (χ0v) is 13.8. The topological polar surface area (TPSA) is 34.6 Å². The van der Waals surface area contributed by atoms with E-state index in [1.165, 1.54) is 6.42 Å². The summed E-state index contributed by atoms with van der Waals surface area (Å²) in [5.41, 5.74) is -0.575. The fourth-order valence-corrected chi connectivity index (χ4v) is 3.51. The van der Waals surface area contributed by atoms with E-state index in [2.05, 4.69) is 44.5 Å². The van der Waals surface area contributed by atoms with Gasteiger partial charge in [-0.2, -0.15) is 0 Å². The van der Waals surface area contributed by atoms with E-state index in [4.69, 9.17) is 9.31 Å². The average molecular weight is 294 g/mol. The molecule has 0 spiro atoms. The van der Waals surface area contributed by atoms with Crippen LogP contribution in [0, 0.1) is 5.92 Å². The molecule has 0 bridgehead atoms. The minimum absolute atomic E-state index is 0.286. The van der Waals surface area contributed by atoms with Gasteiger partial charge in [0.15, 0.2) is 5.13 Å². The van der Waals surface area contributed by atoms with Crippen LogP contribution in [0.5, 0.6) is 0 Å². The Hall–Kier alpha value is -0.585. The smallest absolute Gasteiger partial charge is 0.399 e. The molecule has 3 rings (SSSR count). The Balaban J connectivity index is 1.75. The molecule has 6 heteroatoms. The van der Waals surface area contributed by atoms with Crippen molar-refractivity contribution in [3.8, 4) is 0 Å². The van der Waals surface area contributed by atoms with Gasteiger partial charge in [-0.1, -0.05) is 6.92 Å². The molecular formula is C14H23BN2O2S. The lowest BCUT2D eigenvalue weighted by Gasteiger charge is -2.32. The first-order chi connectivity index (χ1) is 9.28. The molecular weight excluding hydrogens is 271 g/mol. The van der Waals surface area contributed by atoms with Crippen LogP contribution < -0.4 is 9.68 Å². The van der Waals surface area contributed by atoms with Crippen LogP contribution in [0.1, 0.15) is 41.0 Å². The predicted octanol–water partition coefficient (Wildman–Crippen LogP) is 2.29. The quantitative estimate of drug-likeness (QED) is 0.784. The molecule has 2 aliphatic rings. The number of hydrogen-bond donors (Lipinski definition) is 0. The number of rotatable bonds is 2. The lowest BCUT2D eigenvalue weighted by Crippen LogP contribution is -2.41. The number of nitrogens with zero attached hydrogens (tertiary/aromatic N) is 2. The third-order valence-electron chi connectivity index (χ3n) is 4.69. The first-order valence-electron chi connectivity index (χ1n) is 7.35. The Bertz CT molecular complexity index is 487. The van der Waals surface area contributed by atoms with Gasteiger partial charge in [0.05, 0.1) is 16.0 Å². The summed E-state index contributed by atoms with van der Waals surface area (Å²) in [6.45, 7) is 12.8. The molecule has 1 atom stereocenters. The van der Waals surface area contributed by atoms with Crippen LogP contribution in [0.2, 0.25) is 0 Å². The van der Waals surface area contributed by atoms with E-state index < -0.39 is 0 Å². The predicted molar refractivity (Wildman–Crippen MR) is 83.8 cm³/mol. The maximum atomic E-state index is 6.08. The third-order valence-corrected chi connectivity index (χ3v) is 5.77. The van der Waals surface area contributed by atoms with Crippen LogP contribution in [0.4, 0.5) is 5.13 Å². The van der Waals surface area contributed by atoms with Crippen LogP contribution in [-0.4, -0.2) is 36.4 Å². The van der Waals surface area contributed by atoms with Crippen LogP contribution in [0.3, 0.4) is 0 Å². The van der Waals surface area contributed by atoms with Gasteiger partial charge >= 0.3 is 7.12 Å². The third kappa shape index (κ3) is 2.38. The molecule has 4 nitrogen and oxygen atoms in total. The van der Waals surface area contributed by atoms with Gasteiger partial charge in [-0.3, -0.25) is 0 Å². The summed E-state index contributed by atoms with van der Waals surface area (Å²) in [5, 5.41) is 1.10. The van der Waals surface area contributed by atoms with Gasteiger partial charge in [-0.25, -0.2) is 4.98 Å². The van der Waals surface area contributed by atoms with Gasteiger partial charge in [-0.05, 0) is 40.0 Å². The summed E-state index contributed by atoms with van der Waals surface area (Å²) < 4.78 is 13.2. The van der Waals surface area contributed by atoms with Crippen molar-refractivity contribution in [3.63, 3.8) is 0 Å². The highest BCUT2D eigenvalue weighted by molar-refractivity contribution is 7.25. The maximum absolute atomic E-state index is 6.08. The first kappa shape index (κ1) is 14.4. The Kier molecular flexibility index (Phi) is 3.38. The monoisotopic (exact) mass is 294 g/mol. The minimum Gasteiger partial charge on any atom is -0.399 e. The Morgan fingerprint density at radius 1 is 1.30 bits per heavy atom. The molecule has 1 unspecified atom stereocenters. The van der Waals surface area contributed by atoms with Crippen LogP contribution in [0.15, 0.2) is 6.20 Å². The Morgan fingerprint density at radius 2 is 1.95 bits per heavy atom. The van der Waals surface area contributed by atoms with Crippen LogP contribution in [-0.2, 0) is 9.31 Å². The minimum atomic E-state index is -0.288. The van der Waals surface area contributed by atoms with Crippen molar-refractivity contribution in [2.45, 2.75) is 52.2 Å². The molecule has 2 saturated heterocycles. The molecule has 2 aliphatic heterocycles. The molecule has 0 amide bonds. The summed E-state index contributed by atoms with van der Waals surface area (Å²) in [6.07, 6.45) is 3.16. The van der Waals surface area contributed by atoms with Gasteiger partial charge in [0.2, 0.25) is 0 Å². The van der Waals surface area contributed by atoms with E-state index in [1.807, 2.05) is 6.20 Å². The lowest BCUT2D eigenvalue weighted by atomic mass is 9.89. The zero-order valence-electron chi connectivity index (χ0n) is 13.0. The SMILES string of the molecule is CC1CCN(c2ncc(B3OC(C)(C)C(C)(C)O3)s2)C1. The van der Waals surface area contributed by atoms with E-state index in [1.54, 1.807) is 11.3 Å². The standard InChI is InChI=1S/C14H23BN2O2S/c1-10-6-7-17(9-10)12-16-8-11(20-12)15-18-13(2,3)14(4,5)19-15/h8,10H,6-7,9H2,1-5H3. The Labute approximate surface area is 125 Å². The summed E-state index contributed by atoms with van der Waals surface area (Å²) >= 11 is 1.70. The van der Waals surface area contributed by atoms with Crippen molar-refractivity contribution in [2.24, 2.45) is 5.92 Å². The molecule has 0 aromatic carbocycles. The average Bonchev–Trinajstić information content (AvgIpc) is 2.98. The molecule has 0 radical (unpaired) electrons. The number of anilines is 1. The van der Waals surface area contributed by atoms with Gasteiger partial charge in [0.25, 0.3) is 0 Å². The van der Waals surface area contributed by atoms with Gasteiger partial charge in [0, 0.05) is 19.3 Å². The number of hydrogen-bond acceptors (Lipinski definition) is 5. The van der Waals surface area contributed by atoms with Crippen molar-refractivity contribution in [2.75, 3.05) is 18.0 Å². The number of thiazole rings is 1. The molecule has 1 aromatic rings. The normalized spacial score (nSPS) is 28.4. The second kappa shape index (κ2) is 4.72.